The van der Waals surface area contributed by atoms with Crippen molar-refractivity contribution in [2.45, 2.75) is 6.54 Å². The third-order valence-electron chi connectivity index (χ3n) is 2.30. The molecule has 0 fully saturated rings. The van der Waals surface area contributed by atoms with Crippen molar-refractivity contribution in [3.63, 3.8) is 0 Å². The Bertz CT molecular complexity index is 625. The van der Waals surface area contributed by atoms with Crippen molar-refractivity contribution in [3.8, 4) is 6.07 Å². The molecular weight excluding hydrogens is 216 g/mol. The Morgan fingerprint density at radius 1 is 1.53 bits per heavy atom. The molecule has 5 heteroatoms. The highest BCUT2D eigenvalue weighted by Gasteiger charge is 2.05. The number of nitrogens with two attached hydrogens (primary N) is 1. The number of rotatable bonds is 2. The molecular formula is C12H10N4O. The Kier molecular flexibility index (Phi) is 2.88. The fourth-order valence-electron chi connectivity index (χ4n) is 1.54. The predicted molar refractivity (Wildman–Crippen MR) is 63.2 cm³/mol. The first kappa shape index (κ1) is 10.9. The van der Waals surface area contributed by atoms with Gasteiger partial charge in [0, 0.05) is 24.3 Å². The van der Waals surface area contributed by atoms with Gasteiger partial charge in [0.05, 0.1) is 6.54 Å². The summed E-state index contributed by atoms with van der Waals surface area (Å²) in [6.07, 6.45) is 4.85. The molecule has 0 bridgehead atoms. The maximum absolute atomic E-state index is 11.8. The molecule has 0 saturated heterocycles. The quantitative estimate of drug-likeness (QED) is 0.818. The number of nitrogen functional groups attached to an aromatic ring is 1. The van der Waals surface area contributed by atoms with Crippen molar-refractivity contribution in [3.05, 3.63) is 58.3 Å². The number of hydrogen-bond donors (Lipinski definition) is 1. The lowest BCUT2D eigenvalue weighted by atomic mass is 10.2. The maximum atomic E-state index is 11.8. The number of nitriles is 1. The average molecular weight is 226 g/mol. The molecule has 5 nitrogen and oxygen atoms in total. The fourth-order valence-corrected chi connectivity index (χ4v) is 1.54. The van der Waals surface area contributed by atoms with Gasteiger partial charge in [0.15, 0.2) is 0 Å². The van der Waals surface area contributed by atoms with Crippen molar-refractivity contribution in [1.82, 2.24) is 9.55 Å². The molecule has 2 aromatic rings. The molecule has 2 N–H and O–H groups in total. The van der Waals surface area contributed by atoms with Gasteiger partial charge < -0.3 is 10.3 Å². The zero-order valence-corrected chi connectivity index (χ0v) is 9.00. The standard InChI is InChI=1S/C12H10N4O/c13-5-10-4-11(14)8-16(12(10)17)7-9-2-1-3-15-6-9/h1-4,6,8H,7,14H2. The first-order valence-electron chi connectivity index (χ1n) is 4.99. The molecule has 0 atom stereocenters. The Balaban J connectivity index is 2.44. The highest BCUT2D eigenvalue weighted by molar-refractivity contribution is 5.42. The van der Waals surface area contributed by atoms with Crippen molar-refractivity contribution in [2.75, 3.05) is 5.73 Å². The first-order valence-corrected chi connectivity index (χ1v) is 4.99. The van der Waals surface area contributed by atoms with Crippen LogP contribution in [0.5, 0.6) is 0 Å². The van der Waals surface area contributed by atoms with E-state index in [1.807, 2.05) is 12.1 Å². The van der Waals surface area contributed by atoms with Crippen LogP contribution >= 0.6 is 0 Å². The molecule has 0 aliphatic rings. The van der Waals surface area contributed by atoms with E-state index in [0.717, 1.165) is 5.56 Å². The SMILES string of the molecule is N#Cc1cc(N)cn(Cc2cccnc2)c1=O. The highest BCUT2D eigenvalue weighted by atomic mass is 16.1. The third-order valence-corrected chi connectivity index (χ3v) is 2.30. The summed E-state index contributed by atoms with van der Waals surface area (Å²) in [6, 6.07) is 6.86. The summed E-state index contributed by atoms with van der Waals surface area (Å²) in [5, 5.41) is 8.80. The summed E-state index contributed by atoms with van der Waals surface area (Å²) < 4.78 is 1.41. The summed E-state index contributed by atoms with van der Waals surface area (Å²) in [4.78, 5) is 15.8. The second-order valence-electron chi connectivity index (χ2n) is 3.59. The van der Waals surface area contributed by atoms with Gasteiger partial charge >= 0.3 is 0 Å². The van der Waals surface area contributed by atoms with Gasteiger partial charge in [-0.3, -0.25) is 9.78 Å². The van der Waals surface area contributed by atoms with Gasteiger partial charge in [-0.25, -0.2) is 0 Å². The number of hydrogen-bond acceptors (Lipinski definition) is 4. The van der Waals surface area contributed by atoms with Crippen LogP contribution in [0.2, 0.25) is 0 Å². The molecule has 0 aromatic carbocycles. The molecule has 0 saturated carbocycles. The van der Waals surface area contributed by atoms with E-state index >= 15 is 0 Å². The lowest BCUT2D eigenvalue weighted by Gasteiger charge is -2.06. The zero-order valence-electron chi connectivity index (χ0n) is 9.00. The molecule has 0 unspecified atom stereocenters. The molecule has 2 aromatic heterocycles. The number of pyridine rings is 2. The molecule has 0 aliphatic heterocycles. The Morgan fingerprint density at radius 3 is 3.00 bits per heavy atom. The summed E-state index contributed by atoms with van der Waals surface area (Å²) in [5.41, 5.74) is 6.61. The van der Waals surface area contributed by atoms with Crippen LogP contribution in [-0.2, 0) is 6.54 Å². The van der Waals surface area contributed by atoms with Crippen LogP contribution in [0.3, 0.4) is 0 Å². The number of nitrogens with zero attached hydrogens (tertiary/aromatic N) is 3. The van der Waals surface area contributed by atoms with Crippen LogP contribution in [0.25, 0.3) is 0 Å². The van der Waals surface area contributed by atoms with Crippen LogP contribution in [0, 0.1) is 11.3 Å². The smallest absolute Gasteiger partial charge is 0.268 e. The van der Waals surface area contributed by atoms with Crippen LogP contribution in [0.4, 0.5) is 5.69 Å². The van der Waals surface area contributed by atoms with E-state index < -0.39 is 0 Å². The van der Waals surface area contributed by atoms with Crippen LogP contribution in [-0.4, -0.2) is 9.55 Å². The predicted octanol–water partition coefficient (Wildman–Crippen LogP) is 0.745. The van der Waals surface area contributed by atoms with Gasteiger partial charge in [0.25, 0.3) is 5.56 Å². The summed E-state index contributed by atoms with van der Waals surface area (Å²) >= 11 is 0. The summed E-state index contributed by atoms with van der Waals surface area (Å²) in [7, 11) is 0. The van der Waals surface area contributed by atoms with Crippen molar-refractivity contribution in [1.29, 1.82) is 5.26 Å². The van der Waals surface area contributed by atoms with E-state index in [4.69, 9.17) is 11.0 Å². The lowest BCUT2D eigenvalue weighted by Crippen LogP contribution is -2.23. The van der Waals surface area contributed by atoms with Crippen molar-refractivity contribution >= 4 is 5.69 Å². The molecule has 84 valence electrons. The van der Waals surface area contributed by atoms with Crippen molar-refractivity contribution in [2.24, 2.45) is 0 Å². The second kappa shape index (κ2) is 4.49. The molecule has 0 spiro atoms. The average Bonchev–Trinajstić information content (AvgIpc) is 2.34. The first-order chi connectivity index (χ1) is 8.20. The zero-order chi connectivity index (χ0) is 12.3. The van der Waals surface area contributed by atoms with E-state index in [9.17, 15) is 4.79 Å². The Morgan fingerprint density at radius 2 is 2.35 bits per heavy atom. The molecule has 0 radical (unpaired) electrons. The molecule has 2 rings (SSSR count). The largest absolute Gasteiger partial charge is 0.398 e. The number of aromatic nitrogens is 2. The van der Waals surface area contributed by atoms with E-state index in [1.54, 1.807) is 18.5 Å². The Hall–Kier alpha value is -2.61. The van der Waals surface area contributed by atoms with E-state index in [1.165, 1.54) is 16.8 Å². The second-order valence-corrected chi connectivity index (χ2v) is 3.59. The van der Waals surface area contributed by atoms with Gasteiger partial charge in [0.1, 0.15) is 11.6 Å². The van der Waals surface area contributed by atoms with Crippen molar-refractivity contribution < 1.29 is 0 Å². The van der Waals surface area contributed by atoms with E-state index in [2.05, 4.69) is 4.98 Å². The van der Waals surface area contributed by atoms with E-state index in [-0.39, 0.29) is 11.1 Å². The van der Waals surface area contributed by atoms with Gasteiger partial charge in [-0.05, 0) is 17.7 Å². The maximum Gasteiger partial charge on any atom is 0.268 e. The minimum atomic E-state index is -0.342. The molecule has 2 heterocycles. The van der Waals surface area contributed by atoms with E-state index in [0.29, 0.717) is 12.2 Å². The fraction of sp³-hybridized carbons (Fsp3) is 0.0833. The molecule has 0 aliphatic carbocycles. The summed E-state index contributed by atoms with van der Waals surface area (Å²) in [6.45, 7) is 0.354. The Labute approximate surface area is 97.8 Å². The summed E-state index contributed by atoms with van der Waals surface area (Å²) in [5.74, 6) is 0. The van der Waals surface area contributed by atoms with Gasteiger partial charge in [-0.2, -0.15) is 5.26 Å². The topological polar surface area (TPSA) is 84.7 Å². The molecule has 0 amide bonds. The highest BCUT2D eigenvalue weighted by Crippen LogP contribution is 2.04. The minimum absolute atomic E-state index is 0.0499. The third kappa shape index (κ3) is 2.32. The number of anilines is 1. The molecule has 17 heavy (non-hydrogen) atoms. The van der Waals surface area contributed by atoms with Gasteiger partial charge in [-0.1, -0.05) is 6.07 Å². The monoisotopic (exact) mass is 226 g/mol. The van der Waals surface area contributed by atoms with Gasteiger partial charge in [-0.15, -0.1) is 0 Å². The normalized spacial score (nSPS) is 9.82. The van der Waals surface area contributed by atoms with Crippen LogP contribution in [0.1, 0.15) is 11.1 Å². The minimum Gasteiger partial charge on any atom is -0.398 e. The van der Waals surface area contributed by atoms with Crippen LogP contribution < -0.4 is 11.3 Å². The van der Waals surface area contributed by atoms with Gasteiger partial charge in [0.2, 0.25) is 0 Å². The lowest BCUT2D eigenvalue weighted by molar-refractivity contribution is 0.755. The van der Waals surface area contributed by atoms with Crippen LogP contribution in [0.15, 0.2) is 41.6 Å².